The van der Waals surface area contributed by atoms with Crippen molar-refractivity contribution in [2.45, 2.75) is 57.0 Å². The molecule has 7 heteroatoms. The largest absolute Gasteiger partial charge is 0.394 e. The van der Waals surface area contributed by atoms with Gasteiger partial charge in [-0.25, -0.2) is 4.39 Å². The summed E-state index contributed by atoms with van der Waals surface area (Å²) in [6.45, 7) is 3.08. The van der Waals surface area contributed by atoms with Crippen molar-refractivity contribution < 1.29 is 14.3 Å². The van der Waals surface area contributed by atoms with Gasteiger partial charge in [0.25, 0.3) is 0 Å². The standard InChI is InChI=1S/C27H31FN4O2/c1-16-8-17(10-19(29)9-16)22-4-6-30-13-18(22)11-26(34)23-2-3-25(28)24-12-21(14-31-27(23)24)32-7-5-20(32)15-33/h2-4,6,12-14,16-17,19-20,33H,5,7-11,15,29H2,1H3/t16-,17+,19-,20-/m0/s1. The van der Waals surface area contributed by atoms with Crippen molar-refractivity contribution >= 4 is 22.4 Å². The molecule has 0 unspecified atom stereocenters. The van der Waals surface area contributed by atoms with Crippen LogP contribution in [-0.4, -0.2) is 46.1 Å². The van der Waals surface area contributed by atoms with Crippen LogP contribution in [0.5, 0.6) is 0 Å². The molecule has 0 amide bonds. The molecule has 5 rings (SSSR count). The lowest BCUT2D eigenvalue weighted by Gasteiger charge is -2.41. The van der Waals surface area contributed by atoms with E-state index >= 15 is 0 Å². The van der Waals surface area contributed by atoms with Crippen LogP contribution in [0, 0.1) is 11.7 Å². The molecule has 0 spiro atoms. The first-order valence-electron chi connectivity index (χ1n) is 12.1. The molecule has 4 atom stereocenters. The zero-order chi connectivity index (χ0) is 23.8. The number of ketones is 1. The molecule has 1 saturated carbocycles. The Kier molecular flexibility index (Phi) is 6.32. The number of Topliss-reactive ketones (excluding diaryl/α,β-unsaturated/α-hetero) is 1. The van der Waals surface area contributed by atoms with Crippen molar-refractivity contribution in [2.24, 2.45) is 11.7 Å². The van der Waals surface area contributed by atoms with Crippen LogP contribution >= 0.6 is 0 Å². The van der Waals surface area contributed by atoms with Gasteiger partial charge < -0.3 is 15.7 Å². The Morgan fingerprint density at radius 2 is 2.09 bits per heavy atom. The highest BCUT2D eigenvalue weighted by Gasteiger charge is 2.29. The van der Waals surface area contributed by atoms with Crippen LogP contribution in [0.1, 0.15) is 60.0 Å². The Balaban J connectivity index is 1.44. The van der Waals surface area contributed by atoms with Crippen molar-refractivity contribution in [1.82, 2.24) is 9.97 Å². The Hall–Kier alpha value is -2.90. The van der Waals surface area contributed by atoms with Gasteiger partial charge in [-0.1, -0.05) is 6.92 Å². The van der Waals surface area contributed by atoms with E-state index in [4.69, 9.17) is 5.73 Å². The van der Waals surface area contributed by atoms with Gasteiger partial charge in [0.2, 0.25) is 0 Å². The maximum absolute atomic E-state index is 14.7. The Bertz CT molecular complexity index is 1200. The fourth-order valence-electron chi connectivity index (χ4n) is 5.69. The normalized spacial score (nSPS) is 24.8. The Morgan fingerprint density at radius 1 is 1.24 bits per heavy atom. The van der Waals surface area contributed by atoms with E-state index in [2.05, 4.69) is 16.9 Å². The second-order valence-electron chi connectivity index (χ2n) is 9.95. The summed E-state index contributed by atoms with van der Waals surface area (Å²) in [6.07, 6.45) is 9.29. The number of aliphatic hydroxyl groups is 1. The van der Waals surface area contributed by atoms with Crippen LogP contribution in [0.3, 0.4) is 0 Å². The number of nitrogens with two attached hydrogens (primary N) is 1. The molecule has 178 valence electrons. The number of nitrogens with zero attached hydrogens (tertiary/aromatic N) is 3. The lowest BCUT2D eigenvalue weighted by atomic mass is 9.75. The number of fused-ring (bicyclic) bond motifs is 1. The number of rotatable bonds is 6. The Morgan fingerprint density at radius 3 is 2.82 bits per heavy atom. The van der Waals surface area contributed by atoms with Crippen LogP contribution in [0.15, 0.2) is 42.9 Å². The summed E-state index contributed by atoms with van der Waals surface area (Å²) in [4.78, 5) is 24.2. The lowest BCUT2D eigenvalue weighted by Crippen LogP contribution is -2.50. The maximum Gasteiger partial charge on any atom is 0.169 e. The number of halogens is 1. The summed E-state index contributed by atoms with van der Waals surface area (Å²) in [7, 11) is 0. The third kappa shape index (κ3) is 4.30. The molecule has 1 saturated heterocycles. The minimum Gasteiger partial charge on any atom is -0.394 e. The van der Waals surface area contributed by atoms with E-state index in [1.54, 1.807) is 24.7 Å². The maximum atomic E-state index is 14.7. The molecular weight excluding hydrogens is 431 g/mol. The van der Waals surface area contributed by atoms with Gasteiger partial charge in [-0.15, -0.1) is 0 Å². The van der Waals surface area contributed by atoms with Crippen LogP contribution < -0.4 is 10.6 Å². The molecule has 6 nitrogen and oxygen atoms in total. The zero-order valence-electron chi connectivity index (χ0n) is 19.5. The van der Waals surface area contributed by atoms with E-state index in [1.165, 1.54) is 12.1 Å². The van der Waals surface area contributed by atoms with Gasteiger partial charge >= 0.3 is 0 Å². The highest BCUT2D eigenvalue weighted by molar-refractivity contribution is 6.08. The summed E-state index contributed by atoms with van der Waals surface area (Å²) in [5.74, 6) is 0.340. The molecule has 3 N–H and O–H groups in total. The fourth-order valence-corrected chi connectivity index (χ4v) is 5.69. The van der Waals surface area contributed by atoms with E-state index < -0.39 is 5.82 Å². The molecular formula is C27H31FN4O2. The number of aromatic nitrogens is 2. The molecule has 1 aliphatic carbocycles. The van der Waals surface area contributed by atoms with Crippen LogP contribution in [0.2, 0.25) is 0 Å². The number of hydrogen-bond acceptors (Lipinski definition) is 6. The van der Waals surface area contributed by atoms with E-state index in [0.717, 1.165) is 49.0 Å². The molecule has 1 aromatic carbocycles. The van der Waals surface area contributed by atoms with Crippen LogP contribution in [-0.2, 0) is 6.42 Å². The fraction of sp³-hybridized carbons (Fsp3) is 0.444. The van der Waals surface area contributed by atoms with Gasteiger partial charge in [-0.3, -0.25) is 14.8 Å². The second kappa shape index (κ2) is 9.39. The number of benzene rings is 1. The Labute approximate surface area is 199 Å². The number of aliphatic hydroxyl groups excluding tert-OH is 1. The quantitative estimate of drug-likeness (QED) is 0.538. The van der Waals surface area contributed by atoms with Gasteiger partial charge in [-0.05, 0) is 72.9 Å². The molecule has 2 aliphatic rings. The first-order valence-corrected chi connectivity index (χ1v) is 12.1. The highest BCUT2D eigenvalue weighted by atomic mass is 19.1. The predicted octanol–water partition coefficient (Wildman–Crippen LogP) is 4.00. The number of carbonyl (C=O) groups excluding carboxylic acids is 1. The van der Waals surface area contributed by atoms with Crippen molar-refractivity contribution in [3.63, 3.8) is 0 Å². The summed E-state index contributed by atoms with van der Waals surface area (Å²) >= 11 is 0. The summed E-state index contributed by atoms with van der Waals surface area (Å²) in [6, 6.07) is 6.81. The van der Waals surface area contributed by atoms with Gasteiger partial charge in [-0.2, -0.15) is 0 Å². The average molecular weight is 463 g/mol. The van der Waals surface area contributed by atoms with E-state index in [9.17, 15) is 14.3 Å². The number of pyridine rings is 2. The van der Waals surface area contributed by atoms with E-state index in [-0.39, 0.29) is 30.9 Å². The molecule has 3 heterocycles. The summed E-state index contributed by atoms with van der Waals surface area (Å²) in [5, 5.41) is 9.82. The van der Waals surface area contributed by atoms with Crippen molar-refractivity contribution in [3.8, 4) is 0 Å². The van der Waals surface area contributed by atoms with Gasteiger partial charge in [0, 0.05) is 42.4 Å². The zero-order valence-corrected chi connectivity index (χ0v) is 19.5. The monoisotopic (exact) mass is 462 g/mol. The summed E-state index contributed by atoms with van der Waals surface area (Å²) < 4.78 is 14.7. The number of hydrogen-bond donors (Lipinski definition) is 2. The molecule has 34 heavy (non-hydrogen) atoms. The van der Waals surface area contributed by atoms with E-state index in [0.29, 0.717) is 28.3 Å². The smallest absolute Gasteiger partial charge is 0.169 e. The first kappa shape index (κ1) is 22.9. The third-order valence-corrected chi connectivity index (χ3v) is 7.48. The summed E-state index contributed by atoms with van der Waals surface area (Å²) in [5.41, 5.74) is 9.88. The van der Waals surface area contributed by atoms with Gasteiger partial charge in [0.1, 0.15) is 5.82 Å². The van der Waals surface area contributed by atoms with Crippen LogP contribution in [0.25, 0.3) is 10.9 Å². The predicted molar refractivity (Wildman–Crippen MR) is 131 cm³/mol. The van der Waals surface area contributed by atoms with Crippen LogP contribution in [0.4, 0.5) is 10.1 Å². The average Bonchev–Trinajstić information content (AvgIpc) is 2.79. The third-order valence-electron chi connectivity index (χ3n) is 7.48. The SMILES string of the molecule is C[C@@H]1C[C@H](N)C[C@H](c2ccncc2CC(=O)c2ccc(F)c3cc(N4CC[C@H]4CO)cnc23)C1. The molecule has 2 fully saturated rings. The molecule has 0 radical (unpaired) electrons. The molecule has 3 aromatic rings. The lowest BCUT2D eigenvalue weighted by molar-refractivity contribution is 0.0994. The molecule has 1 aliphatic heterocycles. The molecule has 0 bridgehead atoms. The minimum atomic E-state index is -0.408. The minimum absolute atomic E-state index is 0.0340. The topological polar surface area (TPSA) is 92.3 Å². The molecule has 2 aromatic heterocycles. The highest BCUT2D eigenvalue weighted by Crippen LogP contribution is 2.37. The first-order chi connectivity index (χ1) is 16.4. The van der Waals surface area contributed by atoms with E-state index in [1.807, 2.05) is 11.0 Å². The number of anilines is 1. The number of carbonyl (C=O) groups is 1. The van der Waals surface area contributed by atoms with Crippen molar-refractivity contribution in [1.29, 1.82) is 0 Å². The van der Waals surface area contributed by atoms with Crippen molar-refractivity contribution in [3.05, 3.63) is 65.4 Å². The second-order valence-corrected chi connectivity index (χ2v) is 9.95. The van der Waals surface area contributed by atoms with Gasteiger partial charge in [0.15, 0.2) is 5.78 Å². The van der Waals surface area contributed by atoms with Crippen molar-refractivity contribution in [2.75, 3.05) is 18.1 Å². The van der Waals surface area contributed by atoms with Gasteiger partial charge in [0.05, 0.1) is 30.0 Å².